The van der Waals surface area contributed by atoms with Crippen molar-refractivity contribution in [3.63, 3.8) is 0 Å². The summed E-state index contributed by atoms with van der Waals surface area (Å²) in [6, 6.07) is 5.12. The van der Waals surface area contributed by atoms with Gasteiger partial charge in [0, 0.05) is 5.56 Å². The number of hydrogen-bond donors (Lipinski definition) is 1. The van der Waals surface area contributed by atoms with E-state index in [1.807, 2.05) is 19.1 Å². The molecule has 1 amide bonds. The summed E-state index contributed by atoms with van der Waals surface area (Å²) in [4.78, 5) is 26.5. The van der Waals surface area contributed by atoms with E-state index in [-0.39, 0.29) is 11.9 Å². The van der Waals surface area contributed by atoms with E-state index in [0.29, 0.717) is 18.0 Å². The number of rotatable bonds is 5. The van der Waals surface area contributed by atoms with Crippen LogP contribution in [-0.4, -0.2) is 54.4 Å². The van der Waals surface area contributed by atoms with E-state index in [1.54, 1.807) is 37.3 Å². The molecular formula is C19H21NO6. The minimum Gasteiger partial charge on any atom is -0.497 e. The van der Waals surface area contributed by atoms with E-state index < -0.39 is 29.5 Å². The molecule has 3 aliphatic rings. The van der Waals surface area contributed by atoms with Crippen molar-refractivity contribution in [2.24, 2.45) is 11.8 Å². The number of carbonyl (C=O) groups is 2. The van der Waals surface area contributed by atoms with E-state index in [1.165, 1.54) is 0 Å². The van der Waals surface area contributed by atoms with Crippen LogP contribution in [0.15, 0.2) is 30.4 Å². The number of hydrogen-bond acceptors (Lipinski definition) is 5. The van der Waals surface area contributed by atoms with Crippen molar-refractivity contribution in [2.75, 3.05) is 20.8 Å². The Hall–Kier alpha value is -2.54. The van der Waals surface area contributed by atoms with Crippen LogP contribution < -0.4 is 9.47 Å². The van der Waals surface area contributed by atoms with Crippen molar-refractivity contribution in [2.45, 2.75) is 24.7 Å². The summed E-state index contributed by atoms with van der Waals surface area (Å²) in [7, 11) is 3.15. The molecule has 3 aliphatic heterocycles. The molecule has 0 aromatic heterocycles. The molecule has 138 valence electrons. The van der Waals surface area contributed by atoms with Crippen LogP contribution in [0.5, 0.6) is 11.5 Å². The molecule has 1 N–H and O–H groups in total. The van der Waals surface area contributed by atoms with Crippen molar-refractivity contribution >= 4 is 11.9 Å². The highest BCUT2D eigenvalue weighted by Crippen LogP contribution is 2.53. The van der Waals surface area contributed by atoms with Crippen molar-refractivity contribution < 1.29 is 28.9 Å². The number of fused-ring (bicyclic) bond motifs is 1. The SMILES string of the molecule is COc1ccc(OC)c(C(C)N2CC34C=CC(O3)C(C(=O)O)C4C2=O)c1. The smallest absolute Gasteiger partial charge is 0.310 e. The summed E-state index contributed by atoms with van der Waals surface area (Å²) in [5, 5.41) is 9.57. The predicted molar refractivity (Wildman–Crippen MR) is 91.0 cm³/mol. The Morgan fingerprint density at radius 3 is 2.81 bits per heavy atom. The van der Waals surface area contributed by atoms with Gasteiger partial charge in [0.2, 0.25) is 5.91 Å². The largest absolute Gasteiger partial charge is 0.497 e. The third kappa shape index (κ3) is 2.16. The van der Waals surface area contributed by atoms with Crippen molar-refractivity contribution in [3.8, 4) is 11.5 Å². The van der Waals surface area contributed by atoms with Gasteiger partial charge in [-0.05, 0) is 25.1 Å². The molecular weight excluding hydrogens is 338 g/mol. The Morgan fingerprint density at radius 2 is 2.15 bits per heavy atom. The van der Waals surface area contributed by atoms with E-state index in [4.69, 9.17) is 14.2 Å². The third-order valence-corrected chi connectivity index (χ3v) is 5.77. The van der Waals surface area contributed by atoms with Crippen LogP contribution >= 0.6 is 0 Å². The van der Waals surface area contributed by atoms with Gasteiger partial charge in [-0.3, -0.25) is 9.59 Å². The van der Waals surface area contributed by atoms with Gasteiger partial charge in [-0.2, -0.15) is 0 Å². The third-order valence-electron chi connectivity index (χ3n) is 5.77. The molecule has 7 heteroatoms. The number of carboxylic acids is 1. The maximum absolute atomic E-state index is 13.1. The van der Waals surface area contributed by atoms with Crippen LogP contribution in [0, 0.1) is 11.8 Å². The quantitative estimate of drug-likeness (QED) is 0.805. The summed E-state index contributed by atoms with van der Waals surface area (Å²) in [6.45, 7) is 2.23. The lowest BCUT2D eigenvalue weighted by Crippen LogP contribution is -2.39. The Kier molecular flexibility index (Phi) is 3.73. The lowest BCUT2D eigenvalue weighted by Gasteiger charge is -2.28. The van der Waals surface area contributed by atoms with Crippen LogP contribution in [-0.2, 0) is 14.3 Å². The molecule has 7 nitrogen and oxygen atoms in total. The minimum absolute atomic E-state index is 0.193. The van der Waals surface area contributed by atoms with E-state index in [2.05, 4.69) is 0 Å². The molecule has 5 unspecified atom stereocenters. The molecule has 2 saturated heterocycles. The summed E-state index contributed by atoms with van der Waals surface area (Å²) in [6.07, 6.45) is 3.10. The van der Waals surface area contributed by atoms with Gasteiger partial charge < -0.3 is 24.2 Å². The van der Waals surface area contributed by atoms with Gasteiger partial charge >= 0.3 is 5.97 Å². The fourth-order valence-corrected chi connectivity index (χ4v) is 4.47. The Labute approximate surface area is 151 Å². The number of carboxylic acid groups (broad SMARTS) is 1. The predicted octanol–water partition coefficient (Wildman–Crippen LogP) is 1.63. The lowest BCUT2D eigenvalue weighted by atomic mass is 9.77. The summed E-state index contributed by atoms with van der Waals surface area (Å²) >= 11 is 0. The first-order valence-electron chi connectivity index (χ1n) is 8.54. The van der Waals surface area contributed by atoms with E-state index >= 15 is 0 Å². The molecule has 1 aromatic rings. The number of benzene rings is 1. The molecule has 2 fully saturated rings. The molecule has 1 spiro atoms. The summed E-state index contributed by atoms with van der Waals surface area (Å²) in [5.74, 6) is -1.39. The van der Waals surface area contributed by atoms with Crippen LogP contribution in [0.1, 0.15) is 18.5 Å². The Balaban J connectivity index is 1.69. The van der Waals surface area contributed by atoms with Crippen molar-refractivity contribution in [3.05, 3.63) is 35.9 Å². The van der Waals surface area contributed by atoms with Gasteiger partial charge in [0.25, 0.3) is 0 Å². The van der Waals surface area contributed by atoms with Gasteiger partial charge in [0.15, 0.2) is 0 Å². The van der Waals surface area contributed by atoms with Crippen LogP contribution in [0.3, 0.4) is 0 Å². The molecule has 0 aliphatic carbocycles. The highest BCUT2D eigenvalue weighted by atomic mass is 16.5. The van der Waals surface area contributed by atoms with Gasteiger partial charge in [-0.1, -0.05) is 12.2 Å². The van der Waals surface area contributed by atoms with E-state index in [9.17, 15) is 14.7 Å². The zero-order valence-corrected chi connectivity index (χ0v) is 14.8. The lowest BCUT2D eigenvalue weighted by molar-refractivity contribution is -0.148. The molecule has 3 heterocycles. The maximum atomic E-state index is 13.1. The standard InChI is InChI=1S/C19H21NO6/c1-10(12-8-11(24-2)4-5-13(12)25-3)20-9-19-7-6-14(26-19)15(18(22)23)16(19)17(20)21/h4-8,10,14-16H,9H2,1-3H3,(H,22,23). The Bertz CT molecular complexity index is 805. The molecule has 2 bridgehead atoms. The molecule has 0 radical (unpaired) electrons. The van der Waals surface area contributed by atoms with Gasteiger partial charge in [0.1, 0.15) is 23.0 Å². The number of nitrogens with zero attached hydrogens (tertiary/aromatic N) is 1. The molecule has 5 atom stereocenters. The number of likely N-dealkylation sites (tertiary alicyclic amines) is 1. The molecule has 0 saturated carbocycles. The van der Waals surface area contributed by atoms with E-state index in [0.717, 1.165) is 5.56 Å². The normalized spacial score (nSPS) is 32.7. The average molecular weight is 359 g/mol. The van der Waals surface area contributed by atoms with Crippen molar-refractivity contribution in [1.82, 2.24) is 4.90 Å². The first-order valence-corrected chi connectivity index (χ1v) is 8.54. The summed E-state index contributed by atoms with van der Waals surface area (Å²) in [5.41, 5.74) is -0.0347. The fourth-order valence-electron chi connectivity index (χ4n) is 4.47. The van der Waals surface area contributed by atoms with Gasteiger partial charge in [-0.25, -0.2) is 0 Å². The second kappa shape index (κ2) is 5.74. The molecule has 4 rings (SSSR count). The second-order valence-electron chi connectivity index (χ2n) is 6.99. The highest BCUT2D eigenvalue weighted by Gasteiger charge is 2.67. The van der Waals surface area contributed by atoms with Crippen LogP contribution in [0.25, 0.3) is 0 Å². The topological polar surface area (TPSA) is 85.3 Å². The highest BCUT2D eigenvalue weighted by molar-refractivity contribution is 5.91. The fraction of sp³-hybridized carbons (Fsp3) is 0.474. The zero-order chi connectivity index (χ0) is 18.6. The maximum Gasteiger partial charge on any atom is 0.310 e. The monoisotopic (exact) mass is 359 g/mol. The number of amides is 1. The van der Waals surface area contributed by atoms with Gasteiger partial charge in [-0.15, -0.1) is 0 Å². The second-order valence-corrected chi connectivity index (χ2v) is 6.99. The van der Waals surface area contributed by atoms with Crippen molar-refractivity contribution in [1.29, 1.82) is 0 Å². The zero-order valence-electron chi connectivity index (χ0n) is 14.8. The number of methoxy groups -OCH3 is 2. The first kappa shape index (κ1) is 16.9. The van der Waals surface area contributed by atoms with Gasteiger partial charge in [0.05, 0.1) is 38.8 Å². The van der Waals surface area contributed by atoms with Crippen LogP contribution in [0.2, 0.25) is 0 Å². The summed E-state index contributed by atoms with van der Waals surface area (Å²) < 4.78 is 16.7. The van der Waals surface area contributed by atoms with Crippen LogP contribution in [0.4, 0.5) is 0 Å². The molecule has 26 heavy (non-hydrogen) atoms. The number of aliphatic carboxylic acids is 1. The minimum atomic E-state index is -0.993. The number of ether oxygens (including phenoxy) is 3. The Morgan fingerprint density at radius 1 is 1.38 bits per heavy atom. The molecule has 1 aromatic carbocycles. The number of carbonyl (C=O) groups excluding carboxylic acids is 1. The first-order chi connectivity index (χ1) is 12.4. The average Bonchev–Trinajstić information content (AvgIpc) is 3.28.